The molecule has 0 aliphatic heterocycles. The fourth-order valence-corrected chi connectivity index (χ4v) is 2.42. The summed E-state index contributed by atoms with van der Waals surface area (Å²) in [7, 11) is 0. The van der Waals surface area contributed by atoms with Crippen LogP contribution in [0.2, 0.25) is 0 Å². The van der Waals surface area contributed by atoms with Gasteiger partial charge in [0.15, 0.2) is 0 Å². The zero-order chi connectivity index (χ0) is 15.3. The highest BCUT2D eigenvalue weighted by Crippen LogP contribution is 2.54. The average molecular weight is 283 g/mol. The normalized spacial score (nSPS) is 10.8. The van der Waals surface area contributed by atoms with Gasteiger partial charge in [-0.15, -0.1) is 0 Å². The van der Waals surface area contributed by atoms with Crippen LogP contribution in [-0.2, 0) is 0 Å². The Morgan fingerprint density at radius 2 is 1.76 bits per heavy atom. The van der Waals surface area contributed by atoms with E-state index in [0.717, 1.165) is 0 Å². The van der Waals surface area contributed by atoms with Crippen molar-refractivity contribution in [3.63, 3.8) is 0 Å². The van der Waals surface area contributed by atoms with Crippen LogP contribution in [0.1, 0.15) is 5.56 Å². The van der Waals surface area contributed by atoms with Crippen LogP contribution in [0, 0.1) is 31.6 Å². The molecule has 1 N–H and O–H groups in total. The van der Waals surface area contributed by atoms with Gasteiger partial charge in [-0.1, -0.05) is 0 Å². The minimum absolute atomic E-state index is 0.152. The van der Waals surface area contributed by atoms with E-state index in [4.69, 9.17) is 5.26 Å². The molecule has 0 fully saturated rings. The summed E-state index contributed by atoms with van der Waals surface area (Å²) in [5, 5.41) is 40.6. The number of benzene rings is 2. The third kappa shape index (κ3) is 1.54. The Morgan fingerprint density at radius 3 is 2.33 bits per heavy atom. The van der Waals surface area contributed by atoms with E-state index in [9.17, 15) is 25.3 Å². The zero-order valence-corrected chi connectivity index (χ0v) is 10.2. The van der Waals surface area contributed by atoms with Crippen LogP contribution < -0.4 is 0 Å². The Bertz CT molecular complexity index is 882. The van der Waals surface area contributed by atoms with Gasteiger partial charge in [-0.25, -0.2) is 0 Å². The predicted octanol–water partition coefficient (Wildman–Crippen LogP) is 2.73. The van der Waals surface area contributed by atoms with Crippen molar-refractivity contribution in [3.8, 4) is 34.1 Å². The van der Waals surface area contributed by atoms with Crippen LogP contribution in [0.3, 0.4) is 0 Å². The maximum Gasteiger partial charge on any atom is 0.312 e. The highest BCUT2D eigenvalue weighted by molar-refractivity contribution is 6.07. The van der Waals surface area contributed by atoms with Crippen LogP contribution >= 0.6 is 0 Å². The first-order chi connectivity index (χ1) is 9.95. The molecule has 2 aromatic carbocycles. The van der Waals surface area contributed by atoms with Crippen molar-refractivity contribution >= 4 is 11.4 Å². The molecule has 0 aromatic heterocycles. The zero-order valence-electron chi connectivity index (χ0n) is 10.2. The largest absolute Gasteiger partial charge is 0.501 e. The predicted molar refractivity (Wildman–Crippen MR) is 70.6 cm³/mol. The highest BCUT2D eigenvalue weighted by Gasteiger charge is 2.34. The summed E-state index contributed by atoms with van der Waals surface area (Å²) in [5.41, 5.74) is 0.791. The van der Waals surface area contributed by atoms with E-state index in [0.29, 0.717) is 22.3 Å². The smallest absolute Gasteiger partial charge is 0.312 e. The second kappa shape index (κ2) is 4.01. The molecule has 102 valence electrons. The number of rotatable bonds is 2. The van der Waals surface area contributed by atoms with Gasteiger partial charge >= 0.3 is 5.69 Å². The first-order valence-electron chi connectivity index (χ1n) is 5.69. The lowest BCUT2D eigenvalue weighted by Gasteiger charge is -2.24. The number of nitro groups is 2. The summed E-state index contributed by atoms with van der Waals surface area (Å²) >= 11 is 0. The van der Waals surface area contributed by atoms with E-state index in [-0.39, 0.29) is 11.3 Å². The van der Waals surface area contributed by atoms with Gasteiger partial charge in [-0.2, -0.15) is 5.26 Å². The quantitative estimate of drug-likeness (QED) is 0.568. The molecule has 0 radical (unpaired) electrons. The van der Waals surface area contributed by atoms with E-state index in [1.54, 1.807) is 6.07 Å². The molecule has 0 saturated heterocycles. The number of phenolic OH excluding ortho intramolecular Hbond substituents is 1. The lowest BCUT2D eigenvalue weighted by Crippen LogP contribution is -2.05. The molecule has 0 amide bonds. The minimum atomic E-state index is -0.778. The molecule has 0 heterocycles. The number of aromatic hydroxyl groups is 1. The number of hydrogen-bond acceptors (Lipinski definition) is 6. The molecule has 8 nitrogen and oxygen atoms in total. The standard InChI is InChI=1S/C13H5N3O5/c14-5-10-12-8-3-6(15(18)19)1-2-7(8)9(12)4-11(13(10)17)16(20)21/h1-4,17H. The van der Waals surface area contributed by atoms with E-state index in [1.165, 1.54) is 24.3 Å². The molecule has 8 heteroatoms. The minimum Gasteiger partial charge on any atom is -0.501 e. The molecular formula is C13H5N3O5. The van der Waals surface area contributed by atoms with Crippen LogP contribution in [0.25, 0.3) is 22.3 Å². The van der Waals surface area contributed by atoms with Gasteiger partial charge < -0.3 is 5.11 Å². The Balaban J connectivity index is 2.29. The van der Waals surface area contributed by atoms with Gasteiger partial charge in [0, 0.05) is 23.8 Å². The van der Waals surface area contributed by atoms with Crippen molar-refractivity contribution in [3.05, 3.63) is 50.1 Å². The van der Waals surface area contributed by atoms with Gasteiger partial charge in [0.1, 0.15) is 11.6 Å². The molecule has 0 bridgehead atoms. The summed E-state index contributed by atoms with van der Waals surface area (Å²) in [6.45, 7) is 0. The number of phenols is 1. The number of fused-ring (bicyclic) bond motifs is 4. The number of nitrogens with zero attached hydrogens (tertiary/aromatic N) is 3. The summed E-state index contributed by atoms with van der Waals surface area (Å²) in [5.74, 6) is -0.724. The Hall–Kier alpha value is -3.47. The summed E-state index contributed by atoms with van der Waals surface area (Å²) in [6.07, 6.45) is 0. The second-order valence-corrected chi connectivity index (χ2v) is 4.40. The topological polar surface area (TPSA) is 130 Å². The first-order valence-corrected chi connectivity index (χ1v) is 5.69. The molecule has 1 aliphatic carbocycles. The number of hydrogen-bond donors (Lipinski definition) is 1. The van der Waals surface area contributed by atoms with Crippen LogP contribution in [0.5, 0.6) is 5.75 Å². The van der Waals surface area contributed by atoms with Crippen LogP contribution in [0.4, 0.5) is 11.4 Å². The molecule has 2 aromatic rings. The molecule has 0 atom stereocenters. The van der Waals surface area contributed by atoms with Crippen molar-refractivity contribution < 1.29 is 15.0 Å². The van der Waals surface area contributed by atoms with Gasteiger partial charge in [0.25, 0.3) is 5.69 Å². The molecule has 3 rings (SSSR count). The average Bonchev–Trinajstić information content (AvgIpc) is 2.43. The summed E-state index contributed by atoms with van der Waals surface area (Å²) in [4.78, 5) is 20.3. The lowest BCUT2D eigenvalue weighted by molar-refractivity contribution is -0.385. The fourth-order valence-electron chi connectivity index (χ4n) is 2.42. The van der Waals surface area contributed by atoms with Gasteiger partial charge in [-0.05, 0) is 22.8 Å². The second-order valence-electron chi connectivity index (χ2n) is 4.40. The van der Waals surface area contributed by atoms with Crippen molar-refractivity contribution in [1.82, 2.24) is 0 Å². The van der Waals surface area contributed by atoms with Gasteiger partial charge in [-0.3, -0.25) is 20.2 Å². The van der Waals surface area contributed by atoms with Crippen molar-refractivity contribution in [2.45, 2.75) is 0 Å². The molecular weight excluding hydrogens is 278 g/mol. The SMILES string of the molecule is N#Cc1c(O)c([N+](=O)[O-])cc2c1-c1cc([N+](=O)[O-])ccc1-2. The van der Waals surface area contributed by atoms with E-state index in [2.05, 4.69) is 0 Å². The van der Waals surface area contributed by atoms with Gasteiger partial charge in [0.05, 0.1) is 9.85 Å². The van der Waals surface area contributed by atoms with E-state index in [1.807, 2.05) is 0 Å². The fraction of sp³-hybridized carbons (Fsp3) is 0. The number of non-ortho nitro benzene ring substituents is 1. The van der Waals surface area contributed by atoms with Gasteiger partial charge in [0.2, 0.25) is 5.75 Å². The number of nitro benzene ring substituents is 2. The maximum absolute atomic E-state index is 10.9. The molecule has 1 aliphatic rings. The van der Waals surface area contributed by atoms with Crippen molar-refractivity contribution in [2.24, 2.45) is 0 Å². The third-order valence-corrected chi connectivity index (χ3v) is 3.36. The summed E-state index contributed by atoms with van der Waals surface area (Å²) < 4.78 is 0. The molecule has 21 heavy (non-hydrogen) atoms. The first kappa shape index (κ1) is 12.6. The van der Waals surface area contributed by atoms with Crippen molar-refractivity contribution in [1.29, 1.82) is 5.26 Å². The van der Waals surface area contributed by atoms with Crippen LogP contribution in [-0.4, -0.2) is 15.0 Å². The van der Waals surface area contributed by atoms with Crippen molar-refractivity contribution in [2.75, 3.05) is 0 Å². The Morgan fingerprint density at radius 1 is 1.05 bits per heavy atom. The molecule has 0 unspecified atom stereocenters. The Labute approximate surface area is 116 Å². The summed E-state index contributed by atoms with van der Waals surface area (Å²) in [6, 6.07) is 6.92. The molecule has 0 spiro atoms. The maximum atomic E-state index is 10.9. The van der Waals surface area contributed by atoms with E-state index >= 15 is 0 Å². The van der Waals surface area contributed by atoms with E-state index < -0.39 is 21.3 Å². The molecule has 0 saturated carbocycles. The number of nitriles is 1. The monoisotopic (exact) mass is 283 g/mol. The van der Waals surface area contributed by atoms with Crippen LogP contribution in [0.15, 0.2) is 24.3 Å². The third-order valence-electron chi connectivity index (χ3n) is 3.36. The highest BCUT2D eigenvalue weighted by atomic mass is 16.6. The Kier molecular flexibility index (Phi) is 2.40. The lowest BCUT2D eigenvalue weighted by atomic mass is 9.77.